The quantitative estimate of drug-likeness (QED) is 0.421. The molecule has 0 amide bonds. The SMILES string of the molecule is CCOC(=O)[C@H](C)N[P@@]1(=O)OC[C@H]2O[C@@H](n3cnc4c(N)nc(N)nc43)[C@](C)(F)[C@@H]2O1. The molecule has 170 valence electrons. The molecule has 2 aromatic heterocycles. The molecule has 2 fully saturated rings. The number of hydrogen-bond acceptors (Lipinski definition) is 11. The molecule has 4 heterocycles. The van der Waals surface area contributed by atoms with E-state index in [4.69, 9.17) is 30.0 Å². The molecule has 0 unspecified atom stereocenters. The zero-order valence-electron chi connectivity index (χ0n) is 17.0. The highest BCUT2D eigenvalue weighted by Crippen LogP contribution is 2.57. The molecule has 2 saturated heterocycles. The summed E-state index contributed by atoms with van der Waals surface area (Å²) in [5, 5.41) is 2.47. The Morgan fingerprint density at radius 1 is 1.52 bits per heavy atom. The minimum Gasteiger partial charge on any atom is -0.465 e. The predicted octanol–water partition coefficient (Wildman–Crippen LogP) is 0.681. The van der Waals surface area contributed by atoms with Gasteiger partial charge in [0.1, 0.15) is 23.8 Å². The number of rotatable bonds is 5. The van der Waals surface area contributed by atoms with E-state index in [2.05, 4.69) is 20.0 Å². The first-order valence-electron chi connectivity index (χ1n) is 9.53. The van der Waals surface area contributed by atoms with Crippen molar-refractivity contribution in [3.63, 3.8) is 0 Å². The van der Waals surface area contributed by atoms with Crippen LogP contribution < -0.4 is 16.6 Å². The Morgan fingerprint density at radius 3 is 2.97 bits per heavy atom. The summed E-state index contributed by atoms with van der Waals surface area (Å²) in [6.07, 6.45) is -2.10. The summed E-state index contributed by atoms with van der Waals surface area (Å²) in [7, 11) is -4.03. The van der Waals surface area contributed by atoms with Gasteiger partial charge in [0, 0.05) is 0 Å². The van der Waals surface area contributed by atoms with Crippen molar-refractivity contribution in [3.8, 4) is 0 Å². The van der Waals surface area contributed by atoms with Gasteiger partial charge >= 0.3 is 13.7 Å². The molecule has 0 spiro atoms. The van der Waals surface area contributed by atoms with Crippen LogP contribution in [0.5, 0.6) is 0 Å². The summed E-state index contributed by atoms with van der Waals surface area (Å²) in [6.45, 7) is 4.24. The second-order valence-corrected chi connectivity index (χ2v) is 9.11. The molecule has 0 radical (unpaired) electrons. The molecule has 4 rings (SSSR count). The molecule has 2 aliphatic heterocycles. The lowest BCUT2D eigenvalue weighted by Gasteiger charge is -2.35. The maximum atomic E-state index is 16.0. The average molecular weight is 459 g/mol. The van der Waals surface area contributed by atoms with Gasteiger partial charge in [-0.25, -0.2) is 19.0 Å². The number of esters is 1. The van der Waals surface area contributed by atoms with Crippen LogP contribution in [0.15, 0.2) is 6.33 Å². The summed E-state index contributed by atoms with van der Waals surface area (Å²) < 4.78 is 51.8. The fourth-order valence-electron chi connectivity index (χ4n) is 3.61. The van der Waals surface area contributed by atoms with Crippen molar-refractivity contribution in [1.29, 1.82) is 0 Å². The zero-order valence-corrected chi connectivity index (χ0v) is 17.9. The van der Waals surface area contributed by atoms with Crippen LogP contribution in [-0.2, 0) is 27.9 Å². The lowest BCUT2D eigenvalue weighted by molar-refractivity contribution is -0.145. The second-order valence-electron chi connectivity index (χ2n) is 7.39. The fourth-order valence-corrected chi connectivity index (χ4v) is 5.37. The lowest BCUT2D eigenvalue weighted by atomic mass is 9.98. The predicted molar refractivity (Wildman–Crippen MR) is 105 cm³/mol. The van der Waals surface area contributed by atoms with Gasteiger partial charge < -0.3 is 20.9 Å². The number of alkyl halides is 1. The van der Waals surface area contributed by atoms with Gasteiger partial charge in [-0.3, -0.25) is 18.4 Å². The van der Waals surface area contributed by atoms with E-state index in [0.29, 0.717) is 0 Å². The molecule has 0 aliphatic carbocycles. The molecule has 0 aromatic carbocycles. The first-order valence-corrected chi connectivity index (χ1v) is 11.1. The number of nitrogens with one attached hydrogen (secondary N) is 1. The van der Waals surface area contributed by atoms with Crippen LogP contribution in [0.2, 0.25) is 0 Å². The highest BCUT2D eigenvalue weighted by Gasteiger charge is 2.61. The van der Waals surface area contributed by atoms with Crippen molar-refractivity contribution in [1.82, 2.24) is 24.6 Å². The Balaban J connectivity index is 1.60. The third-order valence-corrected chi connectivity index (χ3v) is 6.75. The van der Waals surface area contributed by atoms with Crippen molar-refractivity contribution in [2.24, 2.45) is 0 Å². The van der Waals surface area contributed by atoms with Crippen molar-refractivity contribution in [2.75, 3.05) is 24.7 Å². The molecule has 31 heavy (non-hydrogen) atoms. The first kappa shape index (κ1) is 21.8. The van der Waals surface area contributed by atoms with Gasteiger partial charge in [-0.1, -0.05) is 0 Å². The minimum atomic E-state index is -4.03. The lowest BCUT2D eigenvalue weighted by Crippen LogP contribution is -2.47. The fraction of sp³-hybridized carbons (Fsp3) is 0.625. The van der Waals surface area contributed by atoms with Crippen LogP contribution in [-0.4, -0.2) is 62.6 Å². The van der Waals surface area contributed by atoms with E-state index < -0.39 is 43.9 Å². The summed E-state index contributed by atoms with van der Waals surface area (Å²) in [6, 6.07) is -0.994. The number of halogens is 1. The van der Waals surface area contributed by atoms with Crippen LogP contribution >= 0.6 is 7.75 Å². The molecule has 5 N–H and O–H groups in total. The Bertz CT molecular complexity index is 1060. The second kappa shape index (κ2) is 7.64. The van der Waals surface area contributed by atoms with E-state index in [0.717, 1.165) is 0 Å². The molecule has 15 heteroatoms. The van der Waals surface area contributed by atoms with Crippen molar-refractivity contribution < 1.29 is 32.3 Å². The van der Waals surface area contributed by atoms with E-state index in [9.17, 15) is 9.36 Å². The number of imidazole rings is 1. The van der Waals surface area contributed by atoms with Crippen molar-refractivity contribution in [3.05, 3.63) is 6.33 Å². The van der Waals surface area contributed by atoms with Crippen LogP contribution in [0.1, 0.15) is 27.0 Å². The largest absolute Gasteiger partial charge is 0.465 e. The molecule has 2 aliphatic rings. The topological polar surface area (TPSA) is 179 Å². The van der Waals surface area contributed by atoms with Gasteiger partial charge in [0.2, 0.25) is 5.95 Å². The van der Waals surface area contributed by atoms with E-state index in [-0.39, 0.29) is 36.1 Å². The number of aromatic nitrogens is 4. The summed E-state index contributed by atoms with van der Waals surface area (Å²) in [4.78, 5) is 23.9. The van der Waals surface area contributed by atoms with E-state index in [1.54, 1.807) is 6.92 Å². The third kappa shape index (κ3) is 3.74. The number of fused-ring (bicyclic) bond motifs is 2. The third-order valence-electron chi connectivity index (χ3n) is 5.05. The molecule has 6 atom stereocenters. The molecule has 2 aromatic rings. The number of ether oxygens (including phenoxy) is 2. The van der Waals surface area contributed by atoms with E-state index in [1.807, 2.05) is 0 Å². The van der Waals surface area contributed by atoms with Crippen LogP contribution in [0.4, 0.5) is 16.2 Å². The van der Waals surface area contributed by atoms with Gasteiger partial charge in [-0.15, -0.1) is 0 Å². The number of hydrogen-bond donors (Lipinski definition) is 3. The average Bonchev–Trinajstić information content (AvgIpc) is 3.20. The number of nitrogen functional groups attached to an aromatic ring is 2. The van der Waals surface area contributed by atoms with Gasteiger partial charge in [-0.05, 0) is 20.8 Å². The maximum Gasteiger partial charge on any atom is 0.406 e. The monoisotopic (exact) mass is 459 g/mol. The Labute approximate surface area is 176 Å². The summed E-state index contributed by atoms with van der Waals surface area (Å²) in [5.74, 6) is -0.710. The van der Waals surface area contributed by atoms with Gasteiger partial charge in [0.05, 0.1) is 19.5 Å². The molecular weight excluding hydrogens is 436 g/mol. The summed E-state index contributed by atoms with van der Waals surface area (Å²) in [5.41, 5.74) is 9.70. The maximum absolute atomic E-state index is 16.0. The number of nitrogens with zero attached hydrogens (tertiary/aromatic N) is 4. The van der Waals surface area contributed by atoms with E-state index >= 15 is 4.39 Å². The van der Waals surface area contributed by atoms with Gasteiger partial charge in [0.15, 0.2) is 23.4 Å². The van der Waals surface area contributed by atoms with Crippen molar-refractivity contribution >= 4 is 36.6 Å². The van der Waals surface area contributed by atoms with Crippen LogP contribution in [0.25, 0.3) is 11.2 Å². The highest BCUT2D eigenvalue weighted by atomic mass is 31.2. The smallest absolute Gasteiger partial charge is 0.406 e. The molecule has 0 saturated carbocycles. The van der Waals surface area contributed by atoms with Gasteiger partial charge in [0.25, 0.3) is 0 Å². The highest BCUT2D eigenvalue weighted by molar-refractivity contribution is 7.51. The Kier molecular flexibility index (Phi) is 5.38. The number of anilines is 2. The first-order chi connectivity index (χ1) is 14.6. The van der Waals surface area contributed by atoms with E-state index in [1.165, 1.54) is 24.7 Å². The van der Waals surface area contributed by atoms with Crippen molar-refractivity contribution in [2.45, 2.75) is 50.9 Å². The molecule has 13 nitrogen and oxygen atoms in total. The number of nitrogens with two attached hydrogens (primary N) is 2. The Hall–Kier alpha value is -2.38. The summed E-state index contributed by atoms with van der Waals surface area (Å²) >= 11 is 0. The number of carbonyl (C=O) groups excluding carboxylic acids is 1. The zero-order chi connectivity index (χ0) is 22.6. The van der Waals surface area contributed by atoms with Crippen LogP contribution in [0.3, 0.4) is 0 Å². The van der Waals surface area contributed by atoms with Crippen LogP contribution in [0, 0.1) is 0 Å². The Morgan fingerprint density at radius 2 is 2.26 bits per heavy atom. The molecular formula is C16H23FN7O6P. The normalized spacial score (nSPS) is 33.9. The minimum absolute atomic E-state index is 0.0402. The molecule has 0 bridgehead atoms. The standard InChI is InChI=1S/C16H23FN7O6P/c1-4-27-13(25)7(2)23-31(26)28-5-8-10(30-31)16(3,17)14(29-8)24-6-20-9-11(18)21-15(19)22-12(9)24/h6-8,10,14H,4-5H2,1-3H3,(H,23,26)(H4,18,19,21,22)/t7-,8+,10+,14+,16+,31+/m0/s1. The van der Waals surface area contributed by atoms with Gasteiger partial charge in [-0.2, -0.15) is 9.97 Å². The number of carbonyl (C=O) groups is 1.